The molecule has 0 aromatic heterocycles. The summed E-state index contributed by atoms with van der Waals surface area (Å²) in [6.07, 6.45) is 9.09. The number of aliphatic imine (C=N–C) groups is 1. The second-order valence-corrected chi connectivity index (χ2v) is 10.6. The molecule has 1 atom stereocenters. The SMILES string of the molecule is NC(=NC12CC3CC(CC(C3)C1)C2)Nc1ccc2cccc3c2c1C(Br)C3. The van der Waals surface area contributed by atoms with Gasteiger partial charge in [0, 0.05) is 10.5 Å². The van der Waals surface area contributed by atoms with Crippen LogP contribution >= 0.6 is 15.9 Å². The first-order valence-electron chi connectivity index (χ1n) is 10.4. The van der Waals surface area contributed by atoms with Crippen LogP contribution in [0.1, 0.15) is 54.5 Å². The van der Waals surface area contributed by atoms with Crippen molar-refractivity contribution < 1.29 is 0 Å². The van der Waals surface area contributed by atoms with Gasteiger partial charge in [-0.25, -0.2) is 4.99 Å². The minimum absolute atomic E-state index is 0.113. The maximum atomic E-state index is 6.48. The quantitative estimate of drug-likeness (QED) is 0.379. The van der Waals surface area contributed by atoms with Crippen LogP contribution in [0.5, 0.6) is 0 Å². The van der Waals surface area contributed by atoms with E-state index in [4.69, 9.17) is 10.7 Å². The van der Waals surface area contributed by atoms with Crippen LogP contribution in [-0.2, 0) is 6.42 Å². The van der Waals surface area contributed by atoms with Crippen LogP contribution < -0.4 is 11.1 Å². The number of nitrogens with one attached hydrogen (secondary N) is 1. The molecule has 7 rings (SSSR count). The first-order chi connectivity index (χ1) is 13.1. The molecule has 27 heavy (non-hydrogen) atoms. The smallest absolute Gasteiger partial charge is 0.193 e. The molecule has 0 spiro atoms. The van der Waals surface area contributed by atoms with Crippen LogP contribution in [0.2, 0.25) is 0 Å². The van der Waals surface area contributed by atoms with Crippen molar-refractivity contribution in [3.63, 3.8) is 0 Å². The maximum absolute atomic E-state index is 6.48. The van der Waals surface area contributed by atoms with Crippen LogP contribution in [0.15, 0.2) is 35.3 Å². The van der Waals surface area contributed by atoms with Crippen LogP contribution in [0.4, 0.5) is 5.69 Å². The van der Waals surface area contributed by atoms with Crippen LogP contribution in [0.3, 0.4) is 0 Å². The lowest BCUT2D eigenvalue weighted by molar-refractivity contribution is 0.00163. The van der Waals surface area contributed by atoms with E-state index in [1.165, 1.54) is 60.4 Å². The highest BCUT2D eigenvalue weighted by Gasteiger charge is 2.51. The molecule has 3 nitrogen and oxygen atoms in total. The van der Waals surface area contributed by atoms with Crippen LogP contribution in [-0.4, -0.2) is 11.5 Å². The topological polar surface area (TPSA) is 50.4 Å². The predicted octanol–water partition coefficient (Wildman–Crippen LogP) is 5.53. The number of hydrogen-bond acceptors (Lipinski definition) is 1. The second-order valence-electron chi connectivity index (χ2n) is 9.48. The molecular formula is C23H26BrN3. The number of guanidine groups is 1. The van der Waals surface area contributed by atoms with E-state index < -0.39 is 0 Å². The molecule has 0 heterocycles. The summed E-state index contributed by atoms with van der Waals surface area (Å²) in [4.78, 5) is 5.47. The van der Waals surface area contributed by atoms with Gasteiger partial charge in [0.1, 0.15) is 0 Å². The average molecular weight is 424 g/mol. The fourth-order valence-corrected chi connectivity index (χ4v) is 7.83. The van der Waals surface area contributed by atoms with Gasteiger partial charge in [-0.1, -0.05) is 40.2 Å². The Labute approximate surface area is 168 Å². The van der Waals surface area contributed by atoms with E-state index in [1.54, 1.807) is 0 Å². The fourth-order valence-electron chi connectivity index (χ4n) is 7.01. The van der Waals surface area contributed by atoms with E-state index in [2.05, 4.69) is 51.6 Å². The highest BCUT2D eigenvalue weighted by Crippen LogP contribution is 2.57. The third-order valence-corrected chi connectivity index (χ3v) is 8.29. The molecular weight excluding hydrogens is 398 g/mol. The summed E-state index contributed by atoms with van der Waals surface area (Å²) in [5.74, 6) is 3.28. The second kappa shape index (κ2) is 5.73. The van der Waals surface area contributed by atoms with Gasteiger partial charge < -0.3 is 11.1 Å². The van der Waals surface area contributed by atoms with Gasteiger partial charge in [0.25, 0.3) is 0 Å². The van der Waals surface area contributed by atoms with E-state index in [0.29, 0.717) is 10.8 Å². The van der Waals surface area contributed by atoms with E-state index in [1.807, 2.05) is 0 Å². The van der Waals surface area contributed by atoms with Crippen LogP contribution in [0, 0.1) is 17.8 Å². The molecule has 2 aromatic carbocycles. The zero-order valence-corrected chi connectivity index (χ0v) is 17.1. The first kappa shape index (κ1) is 16.4. The van der Waals surface area contributed by atoms with Crippen molar-refractivity contribution in [2.24, 2.45) is 28.5 Å². The van der Waals surface area contributed by atoms with E-state index in [0.717, 1.165) is 29.9 Å². The maximum Gasteiger partial charge on any atom is 0.193 e. The summed E-state index contributed by atoms with van der Waals surface area (Å²) in [5, 5.41) is 6.18. The Balaban J connectivity index is 1.34. The Morgan fingerprint density at radius 2 is 1.74 bits per heavy atom. The van der Waals surface area contributed by atoms with Crippen molar-refractivity contribution in [1.82, 2.24) is 0 Å². The van der Waals surface area contributed by atoms with Gasteiger partial charge in [0.15, 0.2) is 5.96 Å². The van der Waals surface area contributed by atoms with E-state index in [9.17, 15) is 0 Å². The minimum atomic E-state index is 0.113. The molecule has 0 saturated heterocycles. The number of alkyl halides is 1. The van der Waals surface area contributed by atoms with Crippen molar-refractivity contribution in [1.29, 1.82) is 0 Å². The normalized spacial score (nSPS) is 36.6. The Hall–Kier alpha value is -1.55. The lowest BCUT2D eigenvalue weighted by Gasteiger charge is -2.54. The number of rotatable bonds is 2. The molecule has 0 aliphatic heterocycles. The molecule has 5 aliphatic carbocycles. The molecule has 140 valence electrons. The van der Waals surface area contributed by atoms with Crippen molar-refractivity contribution in [2.45, 2.75) is 55.3 Å². The van der Waals surface area contributed by atoms with Gasteiger partial charge in [-0.3, -0.25) is 0 Å². The van der Waals surface area contributed by atoms with Gasteiger partial charge in [-0.15, -0.1) is 0 Å². The van der Waals surface area contributed by atoms with Gasteiger partial charge in [0.2, 0.25) is 0 Å². The zero-order chi connectivity index (χ0) is 18.2. The molecule has 4 saturated carbocycles. The highest BCUT2D eigenvalue weighted by molar-refractivity contribution is 9.09. The number of nitrogens with two attached hydrogens (primary N) is 1. The van der Waals surface area contributed by atoms with Gasteiger partial charge in [-0.2, -0.15) is 0 Å². The van der Waals surface area contributed by atoms with Crippen molar-refractivity contribution in [3.05, 3.63) is 41.5 Å². The van der Waals surface area contributed by atoms with Gasteiger partial charge in [-0.05, 0) is 90.7 Å². The molecule has 3 N–H and O–H groups in total. The standard InChI is InChI=1S/C23H26BrN3/c24-18-9-17-3-1-2-16-4-5-19(21(18)20(16)17)26-22(25)27-23-10-13-6-14(11-23)8-15(7-13)12-23/h1-5,13-15,18H,6-12H2,(H3,25,26,27). The van der Waals surface area contributed by atoms with Crippen molar-refractivity contribution in [2.75, 3.05) is 5.32 Å². The average Bonchev–Trinajstić information content (AvgIpc) is 2.94. The molecule has 4 heteroatoms. The molecule has 4 fully saturated rings. The molecule has 2 aromatic rings. The van der Waals surface area contributed by atoms with Crippen molar-refractivity contribution in [3.8, 4) is 0 Å². The predicted molar refractivity (Wildman–Crippen MR) is 115 cm³/mol. The Kier molecular flexibility index (Phi) is 3.48. The number of benzene rings is 2. The summed E-state index contributed by atoms with van der Waals surface area (Å²) < 4.78 is 0. The third kappa shape index (κ3) is 2.55. The Bertz CT molecular complexity index is 928. The largest absolute Gasteiger partial charge is 0.370 e. The molecule has 4 bridgehead atoms. The van der Waals surface area contributed by atoms with Crippen molar-refractivity contribution >= 4 is 38.3 Å². The summed E-state index contributed by atoms with van der Waals surface area (Å²) in [5.41, 5.74) is 10.5. The highest BCUT2D eigenvalue weighted by atomic mass is 79.9. The van der Waals surface area contributed by atoms with Crippen LogP contribution in [0.25, 0.3) is 10.8 Å². The summed E-state index contributed by atoms with van der Waals surface area (Å²) in [6, 6.07) is 11.0. The third-order valence-electron chi connectivity index (χ3n) is 7.51. The Morgan fingerprint density at radius 3 is 2.44 bits per heavy atom. The lowest BCUT2D eigenvalue weighted by atomic mass is 9.53. The molecule has 1 unspecified atom stereocenters. The van der Waals surface area contributed by atoms with E-state index in [-0.39, 0.29) is 5.54 Å². The van der Waals surface area contributed by atoms with Gasteiger partial charge in [0.05, 0.1) is 5.54 Å². The Morgan fingerprint density at radius 1 is 1.04 bits per heavy atom. The molecule has 0 radical (unpaired) electrons. The lowest BCUT2D eigenvalue weighted by Crippen LogP contribution is -2.50. The number of nitrogens with zero attached hydrogens (tertiary/aromatic N) is 1. The zero-order valence-electron chi connectivity index (χ0n) is 15.5. The summed E-state index contributed by atoms with van der Waals surface area (Å²) >= 11 is 3.89. The van der Waals surface area contributed by atoms with Gasteiger partial charge >= 0.3 is 0 Å². The summed E-state index contributed by atoms with van der Waals surface area (Å²) in [6.45, 7) is 0. The van der Waals surface area contributed by atoms with E-state index >= 15 is 0 Å². The summed E-state index contributed by atoms with van der Waals surface area (Å²) in [7, 11) is 0. The number of anilines is 1. The number of hydrogen-bond donors (Lipinski definition) is 2. The molecule has 0 amide bonds. The number of halogens is 1. The fraction of sp³-hybridized carbons (Fsp3) is 0.522. The first-order valence-corrected chi connectivity index (χ1v) is 11.3. The monoisotopic (exact) mass is 423 g/mol. The minimum Gasteiger partial charge on any atom is -0.370 e. The molecule has 5 aliphatic rings.